The summed E-state index contributed by atoms with van der Waals surface area (Å²) in [7, 11) is 0. The van der Waals surface area contributed by atoms with E-state index in [-0.39, 0.29) is 12.0 Å². The molecule has 2 heterocycles. The molecule has 0 bridgehead atoms. The molecule has 2 aromatic rings. The van der Waals surface area contributed by atoms with E-state index in [4.69, 9.17) is 23.2 Å². The van der Waals surface area contributed by atoms with Gasteiger partial charge in [-0.1, -0.05) is 35.3 Å². The van der Waals surface area contributed by atoms with Gasteiger partial charge >= 0.3 is 5.97 Å². The summed E-state index contributed by atoms with van der Waals surface area (Å²) in [5.41, 5.74) is 1.02. The molecule has 6 heteroatoms. The number of carboxylic acid groups (broad SMARTS) is 1. The summed E-state index contributed by atoms with van der Waals surface area (Å²) in [6, 6.07) is 9.77. The molecule has 1 aromatic carbocycles. The van der Waals surface area contributed by atoms with Gasteiger partial charge in [-0.05, 0) is 55.1 Å². The van der Waals surface area contributed by atoms with Crippen molar-refractivity contribution in [3.63, 3.8) is 0 Å². The lowest BCUT2D eigenvalue weighted by Gasteiger charge is -2.36. The van der Waals surface area contributed by atoms with Crippen LogP contribution in [-0.4, -0.2) is 29.1 Å². The number of aliphatic carboxylic acids is 1. The van der Waals surface area contributed by atoms with Gasteiger partial charge < -0.3 is 5.11 Å². The van der Waals surface area contributed by atoms with E-state index in [0.717, 1.165) is 18.7 Å². The van der Waals surface area contributed by atoms with Crippen molar-refractivity contribution < 1.29 is 9.90 Å². The van der Waals surface area contributed by atoms with E-state index in [1.807, 2.05) is 18.2 Å². The van der Waals surface area contributed by atoms with Crippen LogP contribution in [-0.2, 0) is 4.79 Å². The minimum atomic E-state index is -0.693. The molecule has 1 aliphatic rings. The number of likely N-dealkylation sites (tertiary alicyclic amines) is 1. The van der Waals surface area contributed by atoms with Crippen molar-refractivity contribution in [1.82, 2.24) is 4.90 Å². The smallest absolute Gasteiger partial charge is 0.306 e. The van der Waals surface area contributed by atoms with Crippen molar-refractivity contribution in [2.24, 2.45) is 5.92 Å². The minimum Gasteiger partial charge on any atom is -0.481 e. The molecule has 0 amide bonds. The van der Waals surface area contributed by atoms with Crippen molar-refractivity contribution in [2.45, 2.75) is 18.9 Å². The highest BCUT2D eigenvalue weighted by atomic mass is 35.5. The maximum absolute atomic E-state index is 11.2. The van der Waals surface area contributed by atoms with Crippen molar-refractivity contribution >= 4 is 40.5 Å². The van der Waals surface area contributed by atoms with E-state index in [1.165, 1.54) is 4.88 Å². The monoisotopic (exact) mass is 369 g/mol. The van der Waals surface area contributed by atoms with Crippen LogP contribution in [0.1, 0.15) is 29.3 Å². The largest absolute Gasteiger partial charge is 0.481 e. The Labute approximate surface area is 149 Å². The van der Waals surface area contributed by atoms with Gasteiger partial charge in [0.25, 0.3) is 0 Å². The topological polar surface area (TPSA) is 40.5 Å². The van der Waals surface area contributed by atoms with Crippen LogP contribution in [0.25, 0.3) is 0 Å². The summed E-state index contributed by atoms with van der Waals surface area (Å²) < 4.78 is 0. The maximum Gasteiger partial charge on any atom is 0.306 e. The standard InChI is InChI=1S/C17H17Cl2NO2S/c18-12-3-4-13(14(19)10-12)16(15-2-1-9-23-15)20-7-5-11(6-8-20)17(21)22/h1-4,9-11,16H,5-8H2,(H,21,22). The first-order valence-electron chi connectivity index (χ1n) is 7.51. The molecule has 23 heavy (non-hydrogen) atoms. The lowest BCUT2D eigenvalue weighted by molar-refractivity contribution is -0.143. The van der Waals surface area contributed by atoms with Crippen LogP contribution < -0.4 is 0 Å². The lowest BCUT2D eigenvalue weighted by atomic mass is 9.94. The second-order valence-corrected chi connectivity index (χ2v) is 7.56. The van der Waals surface area contributed by atoms with Gasteiger partial charge in [0.15, 0.2) is 0 Å². The molecule has 1 saturated heterocycles. The molecular weight excluding hydrogens is 353 g/mol. The Balaban J connectivity index is 1.90. The SMILES string of the molecule is O=C(O)C1CCN(C(c2cccs2)c2ccc(Cl)cc2Cl)CC1. The van der Waals surface area contributed by atoms with E-state index >= 15 is 0 Å². The highest BCUT2D eigenvalue weighted by Gasteiger charge is 2.31. The van der Waals surface area contributed by atoms with Crippen molar-refractivity contribution in [3.05, 3.63) is 56.2 Å². The van der Waals surface area contributed by atoms with Crippen LogP contribution in [0.2, 0.25) is 10.0 Å². The number of benzene rings is 1. The molecule has 3 nitrogen and oxygen atoms in total. The fourth-order valence-corrected chi connectivity index (χ4v) is 4.49. The van der Waals surface area contributed by atoms with Gasteiger partial charge in [-0.3, -0.25) is 9.69 Å². The zero-order valence-electron chi connectivity index (χ0n) is 12.4. The second-order valence-electron chi connectivity index (χ2n) is 5.73. The summed E-state index contributed by atoms with van der Waals surface area (Å²) in [5, 5.41) is 12.5. The Morgan fingerprint density at radius 1 is 1.26 bits per heavy atom. The van der Waals surface area contributed by atoms with Gasteiger partial charge in [-0.2, -0.15) is 0 Å². The molecule has 3 rings (SSSR count). The summed E-state index contributed by atoms with van der Waals surface area (Å²) in [6.45, 7) is 1.50. The van der Waals surface area contributed by atoms with Gasteiger partial charge in [0, 0.05) is 14.9 Å². The molecule has 0 radical (unpaired) electrons. The van der Waals surface area contributed by atoms with Crippen LogP contribution in [0.5, 0.6) is 0 Å². The van der Waals surface area contributed by atoms with E-state index in [1.54, 1.807) is 17.4 Å². The van der Waals surface area contributed by atoms with Crippen LogP contribution in [0.15, 0.2) is 35.7 Å². The Kier molecular flexibility index (Phi) is 5.27. The minimum absolute atomic E-state index is 0.0505. The highest BCUT2D eigenvalue weighted by Crippen LogP contribution is 2.38. The Morgan fingerprint density at radius 2 is 2.00 bits per heavy atom. The van der Waals surface area contributed by atoms with E-state index in [2.05, 4.69) is 16.3 Å². The molecule has 1 fully saturated rings. The van der Waals surface area contributed by atoms with Crippen molar-refractivity contribution in [1.29, 1.82) is 0 Å². The first kappa shape index (κ1) is 16.8. The normalized spacial score (nSPS) is 18.0. The Hall–Kier alpha value is -1.07. The predicted octanol–water partition coefficient (Wildman–Crippen LogP) is 4.94. The Bertz CT molecular complexity index is 682. The van der Waals surface area contributed by atoms with E-state index < -0.39 is 5.97 Å². The lowest BCUT2D eigenvalue weighted by Crippen LogP contribution is -2.39. The number of rotatable bonds is 4. The third kappa shape index (κ3) is 3.72. The van der Waals surface area contributed by atoms with Crippen molar-refractivity contribution in [2.75, 3.05) is 13.1 Å². The third-order valence-electron chi connectivity index (χ3n) is 4.31. The molecular formula is C17H17Cl2NO2S. The summed E-state index contributed by atoms with van der Waals surface area (Å²) in [6.07, 6.45) is 1.34. The van der Waals surface area contributed by atoms with E-state index in [9.17, 15) is 9.90 Å². The number of thiophene rings is 1. The van der Waals surface area contributed by atoms with Crippen molar-refractivity contribution in [3.8, 4) is 0 Å². The molecule has 1 aromatic heterocycles. The quantitative estimate of drug-likeness (QED) is 0.829. The van der Waals surface area contributed by atoms with Crippen LogP contribution in [0.3, 0.4) is 0 Å². The van der Waals surface area contributed by atoms with Crippen LogP contribution in [0.4, 0.5) is 0 Å². The predicted molar refractivity (Wildman–Crippen MR) is 94.6 cm³/mol. The van der Waals surface area contributed by atoms with Gasteiger partial charge in [0.2, 0.25) is 0 Å². The fourth-order valence-electron chi connectivity index (χ4n) is 3.10. The number of hydrogen-bond acceptors (Lipinski definition) is 3. The molecule has 0 spiro atoms. The highest BCUT2D eigenvalue weighted by molar-refractivity contribution is 7.10. The summed E-state index contributed by atoms with van der Waals surface area (Å²) >= 11 is 14.2. The first-order valence-corrected chi connectivity index (χ1v) is 9.15. The summed E-state index contributed by atoms with van der Waals surface area (Å²) in [4.78, 5) is 14.7. The van der Waals surface area contributed by atoms with Gasteiger partial charge in [-0.15, -0.1) is 11.3 Å². The number of carbonyl (C=O) groups is 1. The van der Waals surface area contributed by atoms with Crippen LogP contribution >= 0.6 is 34.5 Å². The average Bonchev–Trinajstić information content (AvgIpc) is 3.04. The molecule has 1 atom stereocenters. The van der Waals surface area contributed by atoms with Gasteiger partial charge in [0.05, 0.1) is 12.0 Å². The second kappa shape index (κ2) is 7.22. The van der Waals surface area contributed by atoms with Gasteiger partial charge in [0.1, 0.15) is 0 Å². The zero-order chi connectivity index (χ0) is 16.4. The molecule has 122 valence electrons. The number of hydrogen-bond donors (Lipinski definition) is 1. The van der Waals surface area contributed by atoms with E-state index in [0.29, 0.717) is 22.9 Å². The average molecular weight is 370 g/mol. The molecule has 1 aliphatic heterocycles. The fraction of sp³-hybridized carbons (Fsp3) is 0.353. The number of carboxylic acids is 1. The number of halogens is 2. The van der Waals surface area contributed by atoms with Crippen LogP contribution in [0, 0.1) is 5.92 Å². The van der Waals surface area contributed by atoms with Gasteiger partial charge in [-0.25, -0.2) is 0 Å². The number of nitrogens with zero attached hydrogens (tertiary/aromatic N) is 1. The molecule has 0 saturated carbocycles. The molecule has 1 N–H and O–H groups in total. The maximum atomic E-state index is 11.2. The summed E-state index contributed by atoms with van der Waals surface area (Å²) in [5.74, 6) is -0.933. The number of piperidine rings is 1. The Morgan fingerprint density at radius 3 is 2.57 bits per heavy atom. The molecule has 1 unspecified atom stereocenters. The third-order valence-corrected chi connectivity index (χ3v) is 5.80. The molecule has 0 aliphatic carbocycles. The zero-order valence-corrected chi connectivity index (χ0v) is 14.7. The first-order chi connectivity index (χ1) is 11.1.